The number of hydrogen-bond acceptors (Lipinski definition) is 1. The lowest BCUT2D eigenvalue weighted by Crippen LogP contribution is -2.17. The van der Waals surface area contributed by atoms with Crippen LogP contribution in [0.25, 0.3) is 0 Å². The summed E-state index contributed by atoms with van der Waals surface area (Å²) in [5.41, 5.74) is 0. The smallest absolute Gasteiger partial charge is 0.0194 e. The van der Waals surface area contributed by atoms with Gasteiger partial charge >= 0.3 is 0 Å². The highest BCUT2D eigenvalue weighted by Gasteiger charge is 2.18. The summed E-state index contributed by atoms with van der Waals surface area (Å²) in [5.74, 6) is 0. The lowest BCUT2D eigenvalue weighted by Gasteiger charge is -2.21. The zero-order valence-electron chi connectivity index (χ0n) is 8.74. The fraction of sp³-hybridized carbons (Fsp3) is 1.00. The van der Waals surface area contributed by atoms with Crippen molar-refractivity contribution in [1.82, 2.24) is 5.32 Å². The lowest BCUT2D eigenvalue weighted by atomic mass is 9.97. The Morgan fingerprint density at radius 2 is 1.46 bits per heavy atom. The zero-order valence-corrected chi connectivity index (χ0v) is 10.9. The van der Waals surface area contributed by atoms with E-state index in [4.69, 9.17) is 0 Å². The van der Waals surface area contributed by atoms with Crippen LogP contribution in [0, 0.1) is 0 Å². The number of halogens is 1. The van der Waals surface area contributed by atoms with Crippen molar-refractivity contribution in [3.8, 4) is 0 Å². The summed E-state index contributed by atoms with van der Waals surface area (Å²) in [6.45, 7) is 4.88. The van der Waals surface area contributed by atoms with Crippen LogP contribution >= 0.6 is 22.6 Å². The van der Waals surface area contributed by atoms with E-state index in [1.165, 1.54) is 58.0 Å². The number of hydrogen-bond donors (Lipinski definition) is 1. The van der Waals surface area contributed by atoms with Crippen LogP contribution in [0.2, 0.25) is 0 Å². The van der Waals surface area contributed by atoms with Crippen molar-refractivity contribution in [3.63, 3.8) is 0 Å². The molecule has 1 nitrogen and oxygen atoms in total. The van der Waals surface area contributed by atoms with Crippen molar-refractivity contribution >= 4 is 22.6 Å². The largest absolute Gasteiger partial charge is 0.317 e. The second-order valence-corrected chi connectivity index (χ2v) is 7.04. The summed E-state index contributed by atoms with van der Waals surface area (Å²) in [6, 6.07) is 0. The molecule has 1 fully saturated rings. The molecule has 0 aromatic carbocycles. The van der Waals surface area contributed by atoms with Gasteiger partial charge in [0.05, 0.1) is 0 Å². The highest BCUT2D eigenvalue weighted by atomic mass is 127. The third-order valence-corrected chi connectivity index (χ3v) is 3.93. The molecule has 0 aliphatic carbocycles. The number of rotatable bonds is 0. The minimum Gasteiger partial charge on any atom is -0.317 e. The Morgan fingerprint density at radius 1 is 0.923 bits per heavy atom. The first-order valence-corrected chi connectivity index (χ1v) is 6.68. The molecule has 0 amide bonds. The summed E-state index contributed by atoms with van der Waals surface area (Å²) >= 11 is 2.66. The Balaban J connectivity index is 2.27. The molecule has 2 heteroatoms. The molecule has 78 valence electrons. The van der Waals surface area contributed by atoms with Gasteiger partial charge in [-0.2, -0.15) is 0 Å². The van der Waals surface area contributed by atoms with Gasteiger partial charge in [0.15, 0.2) is 0 Å². The van der Waals surface area contributed by atoms with Crippen molar-refractivity contribution in [2.45, 2.75) is 55.3 Å². The van der Waals surface area contributed by atoms with Gasteiger partial charge in [0.1, 0.15) is 0 Å². The van der Waals surface area contributed by atoms with Gasteiger partial charge in [0.25, 0.3) is 0 Å². The molecule has 0 aromatic heterocycles. The van der Waals surface area contributed by atoms with Crippen LogP contribution in [0.15, 0.2) is 0 Å². The van der Waals surface area contributed by atoms with E-state index in [-0.39, 0.29) is 0 Å². The Labute approximate surface area is 96.2 Å². The van der Waals surface area contributed by atoms with Crippen LogP contribution in [-0.4, -0.2) is 16.5 Å². The van der Waals surface area contributed by atoms with E-state index in [1.807, 2.05) is 0 Å². The molecule has 0 aromatic rings. The summed E-state index contributed by atoms with van der Waals surface area (Å²) in [6.07, 6.45) is 9.76. The molecule has 1 unspecified atom stereocenters. The van der Waals surface area contributed by atoms with E-state index in [1.54, 1.807) is 0 Å². The zero-order chi connectivity index (χ0) is 9.57. The van der Waals surface area contributed by atoms with E-state index >= 15 is 0 Å². The minimum atomic E-state index is 0.572. The van der Waals surface area contributed by atoms with Crippen molar-refractivity contribution in [2.24, 2.45) is 0 Å². The predicted molar refractivity (Wildman–Crippen MR) is 67.6 cm³/mol. The van der Waals surface area contributed by atoms with Gasteiger partial charge in [-0.25, -0.2) is 0 Å². The quantitative estimate of drug-likeness (QED) is 0.532. The van der Waals surface area contributed by atoms with Gasteiger partial charge in [-0.1, -0.05) is 48.8 Å². The van der Waals surface area contributed by atoms with E-state index in [9.17, 15) is 0 Å². The summed E-state index contributed by atoms with van der Waals surface area (Å²) in [5, 5.41) is 3.51. The fourth-order valence-corrected chi connectivity index (χ4v) is 2.68. The fourth-order valence-electron chi connectivity index (χ4n) is 1.91. The highest BCUT2D eigenvalue weighted by molar-refractivity contribution is 14.1. The SMILES string of the molecule is CC1(I)CCCCCNCCCC1. The Hall–Kier alpha value is 0.690. The molecular formula is C11H22IN. The van der Waals surface area contributed by atoms with Crippen LogP contribution in [0.5, 0.6) is 0 Å². The van der Waals surface area contributed by atoms with Gasteiger partial charge in [-0.3, -0.25) is 0 Å². The Bertz CT molecular complexity index is 120. The minimum absolute atomic E-state index is 0.572. The predicted octanol–water partition coefficient (Wildman–Crippen LogP) is 3.51. The maximum atomic E-state index is 3.51. The van der Waals surface area contributed by atoms with Crippen LogP contribution in [-0.2, 0) is 0 Å². The molecule has 1 heterocycles. The summed E-state index contributed by atoms with van der Waals surface area (Å²) in [4.78, 5) is 0. The lowest BCUT2D eigenvalue weighted by molar-refractivity contribution is 0.512. The van der Waals surface area contributed by atoms with Gasteiger partial charge < -0.3 is 5.32 Å². The molecule has 1 N–H and O–H groups in total. The second kappa shape index (κ2) is 6.23. The summed E-state index contributed by atoms with van der Waals surface area (Å²) < 4.78 is 0.572. The van der Waals surface area contributed by atoms with E-state index in [0.717, 1.165) is 0 Å². The van der Waals surface area contributed by atoms with Crippen LogP contribution in [0.1, 0.15) is 51.9 Å². The maximum absolute atomic E-state index is 3.51. The standard InChI is InChI=1S/C11H22IN/c1-11(12)7-3-2-5-9-13-10-6-4-8-11/h13H,2-10H2,1H3. The van der Waals surface area contributed by atoms with Gasteiger partial charge in [-0.05, 0) is 38.8 Å². The summed E-state index contributed by atoms with van der Waals surface area (Å²) in [7, 11) is 0. The first-order valence-electron chi connectivity index (χ1n) is 5.60. The third-order valence-electron chi connectivity index (χ3n) is 2.85. The van der Waals surface area contributed by atoms with Crippen LogP contribution in [0.4, 0.5) is 0 Å². The van der Waals surface area contributed by atoms with Gasteiger partial charge in [0, 0.05) is 3.42 Å². The van der Waals surface area contributed by atoms with E-state index < -0.39 is 0 Å². The van der Waals surface area contributed by atoms with Crippen molar-refractivity contribution in [3.05, 3.63) is 0 Å². The number of alkyl halides is 1. The van der Waals surface area contributed by atoms with E-state index in [2.05, 4.69) is 34.8 Å². The average molecular weight is 295 g/mol. The maximum Gasteiger partial charge on any atom is 0.0194 e. The molecule has 0 saturated carbocycles. The van der Waals surface area contributed by atoms with Crippen molar-refractivity contribution in [2.75, 3.05) is 13.1 Å². The molecule has 0 bridgehead atoms. The van der Waals surface area contributed by atoms with Gasteiger partial charge in [0.2, 0.25) is 0 Å². The molecule has 1 aliphatic rings. The molecule has 1 saturated heterocycles. The molecular weight excluding hydrogens is 273 g/mol. The normalized spacial score (nSPS) is 33.7. The number of nitrogens with one attached hydrogen (secondary N) is 1. The highest BCUT2D eigenvalue weighted by Crippen LogP contribution is 2.31. The molecule has 1 atom stereocenters. The van der Waals surface area contributed by atoms with E-state index in [0.29, 0.717) is 3.42 Å². The van der Waals surface area contributed by atoms with Crippen molar-refractivity contribution in [1.29, 1.82) is 0 Å². The topological polar surface area (TPSA) is 12.0 Å². The Morgan fingerprint density at radius 3 is 2.15 bits per heavy atom. The molecule has 0 radical (unpaired) electrons. The average Bonchev–Trinajstić information content (AvgIpc) is 2.10. The first-order chi connectivity index (χ1) is 6.21. The molecule has 1 rings (SSSR count). The molecule has 13 heavy (non-hydrogen) atoms. The Kier molecular flexibility index (Phi) is 5.63. The molecule has 0 spiro atoms. The van der Waals surface area contributed by atoms with Crippen molar-refractivity contribution < 1.29 is 0 Å². The van der Waals surface area contributed by atoms with Crippen LogP contribution < -0.4 is 5.32 Å². The third kappa shape index (κ3) is 5.89. The monoisotopic (exact) mass is 295 g/mol. The first kappa shape index (κ1) is 11.8. The second-order valence-electron chi connectivity index (χ2n) is 4.43. The van der Waals surface area contributed by atoms with Gasteiger partial charge in [-0.15, -0.1) is 0 Å². The van der Waals surface area contributed by atoms with Crippen LogP contribution in [0.3, 0.4) is 0 Å². The molecule has 1 aliphatic heterocycles.